The normalized spacial score (nSPS) is 10.1. The maximum Gasteiger partial charge on any atom is -0.0299 e. The highest BCUT2D eigenvalue weighted by Crippen LogP contribution is 2.19. The quantitative estimate of drug-likeness (QED) is 0.485. The van der Waals surface area contributed by atoms with E-state index in [4.69, 9.17) is 0 Å². The van der Waals surface area contributed by atoms with Crippen LogP contribution in [0.5, 0.6) is 0 Å². The van der Waals surface area contributed by atoms with E-state index in [-0.39, 0.29) is 7.43 Å². The van der Waals surface area contributed by atoms with Gasteiger partial charge in [0, 0.05) is 0 Å². The van der Waals surface area contributed by atoms with Crippen LogP contribution in [-0.4, -0.2) is 0 Å². The molecule has 0 aromatic carbocycles. The fourth-order valence-electron chi connectivity index (χ4n) is 0.510. The van der Waals surface area contributed by atoms with E-state index in [1.807, 2.05) is 0 Å². The third kappa shape index (κ3) is 10.7. The van der Waals surface area contributed by atoms with Crippen molar-refractivity contribution in [2.45, 2.75) is 48.5 Å². The molecule has 0 radical (unpaired) electrons. The van der Waals surface area contributed by atoms with Crippen LogP contribution >= 0.6 is 0 Å². The molecule has 0 unspecified atom stereocenters. The van der Waals surface area contributed by atoms with Crippen LogP contribution in [0, 0.1) is 5.41 Å². The molecule has 0 bridgehead atoms. The molecule has 0 aromatic rings. The number of rotatable bonds is 1. The molecule has 0 spiro atoms. The van der Waals surface area contributed by atoms with Crippen molar-refractivity contribution in [1.29, 1.82) is 0 Å². The third-order valence-electron chi connectivity index (χ3n) is 1.12. The molecule has 0 atom stereocenters. The van der Waals surface area contributed by atoms with Gasteiger partial charge in [0.2, 0.25) is 0 Å². The molecule has 0 rings (SSSR count). The van der Waals surface area contributed by atoms with Gasteiger partial charge in [0.25, 0.3) is 0 Å². The van der Waals surface area contributed by atoms with Crippen LogP contribution < -0.4 is 0 Å². The van der Waals surface area contributed by atoms with Gasteiger partial charge in [-0.15, -0.1) is 0 Å². The van der Waals surface area contributed by atoms with Gasteiger partial charge in [0.15, 0.2) is 0 Å². The summed E-state index contributed by atoms with van der Waals surface area (Å²) in [6, 6.07) is 0. The van der Waals surface area contributed by atoms with Crippen LogP contribution in [0.15, 0.2) is 11.6 Å². The average molecular weight is 142 g/mol. The summed E-state index contributed by atoms with van der Waals surface area (Å²) in [4.78, 5) is 0. The molecule has 0 heteroatoms. The molecule has 10 heavy (non-hydrogen) atoms. The summed E-state index contributed by atoms with van der Waals surface area (Å²) in [5.41, 5.74) is 1.88. The Morgan fingerprint density at radius 3 is 1.70 bits per heavy atom. The fourth-order valence-corrected chi connectivity index (χ4v) is 0.510. The molecule has 0 fully saturated rings. The van der Waals surface area contributed by atoms with Crippen molar-refractivity contribution in [3.63, 3.8) is 0 Å². The van der Waals surface area contributed by atoms with Gasteiger partial charge in [0.05, 0.1) is 0 Å². The first-order valence-corrected chi connectivity index (χ1v) is 3.55. The molecule has 0 nitrogen and oxygen atoms in total. The zero-order valence-electron chi connectivity index (χ0n) is 7.28. The minimum absolute atomic E-state index is 0. The summed E-state index contributed by atoms with van der Waals surface area (Å²) in [6.07, 6.45) is 3.48. The zero-order valence-corrected chi connectivity index (χ0v) is 7.28. The van der Waals surface area contributed by atoms with Crippen LogP contribution in [0.4, 0.5) is 0 Å². The van der Waals surface area contributed by atoms with Crippen LogP contribution in [0.1, 0.15) is 48.5 Å². The summed E-state index contributed by atoms with van der Waals surface area (Å²) in [5, 5.41) is 0. The van der Waals surface area contributed by atoms with Crippen molar-refractivity contribution in [3.8, 4) is 0 Å². The van der Waals surface area contributed by atoms with Crippen LogP contribution in [0.2, 0.25) is 0 Å². The van der Waals surface area contributed by atoms with Crippen LogP contribution in [0.3, 0.4) is 0 Å². The van der Waals surface area contributed by atoms with Gasteiger partial charge in [-0.3, -0.25) is 0 Å². The Morgan fingerprint density at radius 2 is 1.60 bits per heavy atom. The molecule has 62 valence electrons. The van der Waals surface area contributed by atoms with E-state index in [1.165, 1.54) is 12.0 Å². The topological polar surface area (TPSA) is 0 Å². The molecule has 0 aromatic heterocycles. The molecular formula is C10H22. The lowest BCUT2D eigenvalue weighted by molar-refractivity contribution is 0.419. The van der Waals surface area contributed by atoms with E-state index in [0.29, 0.717) is 5.41 Å². The first kappa shape index (κ1) is 12.4. The second-order valence-electron chi connectivity index (χ2n) is 4.05. The Morgan fingerprint density at radius 1 is 1.20 bits per heavy atom. The van der Waals surface area contributed by atoms with Gasteiger partial charge in [-0.25, -0.2) is 0 Å². The minimum atomic E-state index is 0. The second-order valence-corrected chi connectivity index (χ2v) is 4.05. The maximum absolute atomic E-state index is 2.29. The third-order valence-corrected chi connectivity index (χ3v) is 1.12. The lowest BCUT2D eigenvalue weighted by Crippen LogP contribution is -2.01. The monoisotopic (exact) mass is 142 g/mol. The van der Waals surface area contributed by atoms with Gasteiger partial charge >= 0.3 is 0 Å². The van der Waals surface area contributed by atoms with E-state index in [1.54, 1.807) is 0 Å². The van der Waals surface area contributed by atoms with Crippen molar-refractivity contribution < 1.29 is 0 Å². The lowest BCUT2D eigenvalue weighted by atomic mass is 9.91. The molecule has 0 amide bonds. The number of hydrogen-bond acceptors (Lipinski definition) is 0. The molecule has 0 aliphatic carbocycles. The van der Waals surface area contributed by atoms with Gasteiger partial charge in [-0.2, -0.15) is 0 Å². The van der Waals surface area contributed by atoms with Crippen molar-refractivity contribution in [2.24, 2.45) is 5.41 Å². The van der Waals surface area contributed by atoms with Gasteiger partial charge in [-0.05, 0) is 25.7 Å². The fraction of sp³-hybridized carbons (Fsp3) is 0.800. The molecule has 0 aliphatic heterocycles. The standard InChI is InChI=1S/C9H18.CH4/c1-8(2)6-7-9(3,4)5;/h6H,7H2,1-5H3;1H4. The van der Waals surface area contributed by atoms with Crippen molar-refractivity contribution in [1.82, 2.24) is 0 Å². The first-order chi connectivity index (χ1) is 3.92. The molecule has 0 heterocycles. The van der Waals surface area contributed by atoms with Crippen molar-refractivity contribution in [3.05, 3.63) is 11.6 Å². The first-order valence-electron chi connectivity index (χ1n) is 3.55. The summed E-state index contributed by atoms with van der Waals surface area (Å²) in [7, 11) is 0. The van der Waals surface area contributed by atoms with E-state index >= 15 is 0 Å². The molecule has 0 aliphatic rings. The van der Waals surface area contributed by atoms with Crippen molar-refractivity contribution >= 4 is 0 Å². The van der Waals surface area contributed by atoms with Gasteiger partial charge in [-0.1, -0.05) is 39.8 Å². The van der Waals surface area contributed by atoms with E-state index in [2.05, 4.69) is 40.7 Å². The number of hydrogen-bond donors (Lipinski definition) is 0. The Hall–Kier alpha value is -0.260. The SMILES string of the molecule is C.CC(C)=CCC(C)(C)C. The largest absolute Gasteiger partial charge is 0.0854 e. The highest BCUT2D eigenvalue weighted by atomic mass is 14.1. The van der Waals surface area contributed by atoms with Crippen LogP contribution in [0.25, 0.3) is 0 Å². The van der Waals surface area contributed by atoms with Crippen molar-refractivity contribution in [2.75, 3.05) is 0 Å². The lowest BCUT2D eigenvalue weighted by Gasteiger charge is -2.14. The highest BCUT2D eigenvalue weighted by Gasteiger charge is 2.06. The Kier molecular flexibility index (Phi) is 5.64. The number of allylic oxidation sites excluding steroid dienone is 2. The predicted octanol–water partition coefficient (Wildman–Crippen LogP) is 4.02. The molecule has 0 saturated heterocycles. The van der Waals surface area contributed by atoms with E-state index in [0.717, 1.165) is 0 Å². The summed E-state index contributed by atoms with van der Waals surface area (Å²) >= 11 is 0. The maximum atomic E-state index is 2.29. The molecule has 0 N–H and O–H groups in total. The Labute approximate surface area is 66.3 Å². The highest BCUT2D eigenvalue weighted by molar-refractivity contribution is 4.94. The van der Waals surface area contributed by atoms with Gasteiger partial charge in [0.1, 0.15) is 0 Å². The zero-order chi connectivity index (χ0) is 7.49. The van der Waals surface area contributed by atoms with E-state index < -0.39 is 0 Å². The van der Waals surface area contributed by atoms with Crippen LogP contribution in [-0.2, 0) is 0 Å². The smallest absolute Gasteiger partial charge is 0.0299 e. The average Bonchev–Trinajstić information content (AvgIpc) is 1.59. The summed E-state index contributed by atoms with van der Waals surface area (Å²) < 4.78 is 0. The Bertz CT molecular complexity index is 97.7. The predicted molar refractivity (Wildman–Crippen MR) is 50.2 cm³/mol. The Balaban J connectivity index is 0. The molecular weight excluding hydrogens is 120 g/mol. The minimum Gasteiger partial charge on any atom is -0.0854 e. The van der Waals surface area contributed by atoms with E-state index in [9.17, 15) is 0 Å². The molecule has 0 saturated carbocycles. The van der Waals surface area contributed by atoms with Gasteiger partial charge < -0.3 is 0 Å². The second kappa shape index (κ2) is 4.54. The summed E-state index contributed by atoms with van der Waals surface area (Å²) in [5.74, 6) is 0. The summed E-state index contributed by atoms with van der Waals surface area (Å²) in [6.45, 7) is 11.1.